The number of aliphatic hydroxyl groups excluding tert-OH is 1. The standard InChI is InChI=1S/C23H22F3N3O4/c1-13(2)20(12-30)27-21(31)18-11-19(14-6-8-17(9-7-14)33-23(25)26)28-29(22(18)32)16-5-3-4-15(24)10-16/h3-11,13,20,23,30H,12H2,1-2H3,(H,27,31). The van der Waals surface area contributed by atoms with E-state index in [1.54, 1.807) is 13.8 Å². The average molecular weight is 461 g/mol. The van der Waals surface area contributed by atoms with E-state index in [-0.39, 0.29) is 35.2 Å². The van der Waals surface area contributed by atoms with E-state index in [1.165, 1.54) is 48.5 Å². The van der Waals surface area contributed by atoms with Gasteiger partial charge in [0.1, 0.15) is 17.1 Å². The van der Waals surface area contributed by atoms with Crippen LogP contribution in [0.1, 0.15) is 24.2 Å². The largest absolute Gasteiger partial charge is 0.435 e. The molecule has 0 spiro atoms. The van der Waals surface area contributed by atoms with Crippen molar-refractivity contribution in [2.75, 3.05) is 6.61 Å². The smallest absolute Gasteiger partial charge is 0.387 e. The van der Waals surface area contributed by atoms with Crippen molar-refractivity contribution in [1.29, 1.82) is 0 Å². The summed E-state index contributed by atoms with van der Waals surface area (Å²) >= 11 is 0. The molecule has 0 aliphatic rings. The maximum absolute atomic E-state index is 13.8. The fraction of sp³-hybridized carbons (Fsp3) is 0.261. The van der Waals surface area contributed by atoms with Gasteiger partial charge in [-0.1, -0.05) is 19.9 Å². The van der Waals surface area contributed by atoms with Crippen molar-refractivity contribution in [3.63, 3.8) is 0 Å². The van der Waals surface area contributed by atoms with Crippen LogP contribution >= 0.6 is 0 Å². The quantitative estimate of drug-likeness (QED) is 0.537. The van der Waals surface area contributed by atoms with Gasteiger partial charge in [-0.15, -0.1) is 0 Å². The molecule has 7 nitrogen and oxygen atoms in total. The van der Waals surface area contributed by atoms with Crippen LogP contribution in [-0.4, -0.2) is 40.1 Å². The first kappa shape index (κ1) is 24.0. The Labute approximate surface area is 187 Å². The molecular weight excluding hydrogens is 439 g/mol. The molecule has 2 aromatic carbocycles. The fourth-order valence-electron chi connectivity index (χ4n) is 3.06. The number of hydrogen-bond acceptors (Lipinski definition) is 5. The number of aliphatic hydroxyl groups is 1. The molecule has 174 valence electrons. The fourth-order valence-corrected chi connectivity index (χ4v) is 3.06. The summed E-state index contributed by atoms with van der Waals surface area (Å²) in [6.45, 7) is 0.283. The Morgan fingerprint density at radius 3 is 2.42 bits per heavy atom. The second-order valence-corrected chi connectivity index (χ2v) is 7.55. The second kappa shape index (κ2) is 10.3. The zero-order valence-corrected chi connectivity index (χ0v) is 17.8. The molecule has 3 rings (SSSR count). The van der Waals surface area contributed by atoms with Gasteiger partial charge in [-0.2, -0.15) is 18.6 Å². The lowest BCUT2D eigenvalue weighted by atomic mass is 10.0. The van der Waals surface area contributed by atoms with Gasteiger partial charge in [-0.3, -0.25) is 9.59 Å². The average Bonchev–Trinajstić information content (AvgIpc) is 2.77. The molecule has 3 aromatic rings. The third-order valence-corrected chi connectivity index (χ3v) is 4.90. The molecule has 1 heterocycles. The lowest BCUT2D eigenvalue weighted by Crippen LogP contribution is -2.43. The summed E-state index contributed by atoms with van der Waals surface area (Å²) in [5.74, 6) is -1.52. The second-order valence-electron chi connectivity index (χ2n) is 7.55. The molecule has 33 heavy (non-hydrogen) atoms. The maximum Gasteiger partial charge on any atom is 0.387 e. The van der Waals surface area contributed by atoms with Gasteiger partial charge in [0, 0.05) is 5.56 Å². The van der Waals surface area contributed by atoms with Crippen molar-refractivity contribution in [2.45, 2.75) is 26.5 Å². The Hall–Kier alpha value is -3.66. The Morgan fingerprint density at radius 1 is 1.15 bits per heavy atom. The van der Waals surface area contributed by atoms with Gasteiger partial charge in [0.25, 0.3) is 11.5 Å². The summed E-state index contributed by atoms with van der Waals surface area (Å²) < 4.78 is 43.9. The first-order valence-electron chi connectivity index (χ1n) is 10.1. The number of carbonyl (C=O) groups excluding carboxylic acids is 1. The van der Waals surface area contributed by atoms with Crippen molar-refractivity contribution in [3.8, 4) is 22.7 Å². The Kier molecular flexibility index (Phi) is 7.49. The first-order chi connectivity index (χ1) is 15.7. The molecule has 0 radical (unpaired) electrons. The number of alkyl halides is 2. The summed E-state index contributed by atoms with van der Waals surface area (Å²) in [5, 5.41) is 16.4. The predicted molar refractivity (Wildman–Crippen MR) is 115 cm³/mol. The summed E-state index contributed by atoms with van der Waals surface area (Å²) in [4.78, 5) is 26.0. The summed E-state index contributed by atoms with van der Waals surface area (Å²) in [7, 11) is 0. The molecule has 0 saturated carbocycles. The van der Waals surface area contributed by atoms with Crippen LogP contribution < -0.4 is 15.6 Å². The number of nitrogens with zero attached hydrogens (tertiary/aromatic N) is 2. The zero-order valence-electron chi connectivity index (χ0n) is 17.8. The third kappa shape index (κ3) is 5.78. The molecule has 0 bridgehead atoms. The number of carbonyl (C=O) groups is 1. The number of nitrogens with one attached hydrogen (secondary N) is 1. The highest BCUT2D eigenvalue weighted by atomic mass is 19.3. The number of halogens is 3. The van der Waals surface area contributed by atoms with E-state index < -0.39 is 29.9 Å². The molecule has 0 fully saturated rings. The van der Waals surface area contributed by atoms with E-state index in [0.29, 0.717) is 5.56 Å². The molecule has 1 amide bonds. The lowest BCUT2D eigenvalue weighted by molar-refractivity contribution is -0.0498. The zero-order chi connectivity index (χ0) is 24.1. The molecule has 10 heteroatoms. The van der Waals surface area contributed by atoms with Gasteiger partial charge in [0.2, 0.25) is 0 Å². The van der Waals surface area contributed by atoms with E-state index in [0.717, 1.165) is 10.7 Å². The molecule has 0 aliphatic carbocycles. The summed E-state index contributed by atoms with van der Waals surface area (Å²) in [5.41, 5.74) is -0.413. The molecule has 0 saturated heterocycles. The van der Waals surface area contributed by atoms with E-state index in [4.69, 9.17) is 0 Å². The summed E-state index contributed by atoms with van der Waals surface area (Å²) in [6, 6.07) is 11.2. The van der Waals surface area contributed by atoms with Gasteiger partial charge < -0.3 is 15.2 Å². The van der Waals surface area contributed by atoms with Crippen LogP contribution in [0, 0.1) is 11.7 Å². The number of ether oxygens (including phenoxy) is 1. The Balaban J connectivity index is 2.12. The minimum Gasteiger partial charge on any atom is -0.435 e. The van der Waals surface area contributed by atoms with Gasteiger partial charge in [-0.25, -0.2) is 4.39 Å². The van der Waals surface area contributed by atoms with E-state index in [9.17, 15) is 27.9 Å². The highest BCUT2D eigenvalue weighted by molar-refractivity contribution is 5.95. The van der Waals surface area contributed by atoms with Crippen LogP contribution in [0.5, 0.6) is 5.75 Å². The molecule has 1 unspecified atom stereocenters. The van der Waals surface area contributed by atoms with Gasteiger partial charge >= 0.3 is 6.61 Å². The van der Waals surface area contributed by atoms with Crippen molar-refractivity contribution >= 4 is 5.91 Å². The maximum atomic E-state index is 13.8. The topological polar surface area (TPSA) is 93.4 Å². The Morgan fingerprint density at radius 2 is 1.85 bits per heavy atom. The minimum atomic E-state index is -2.99. The molecule has 0 aliphatic heterocycles. The summed E-state index contributed by atoms with van der Waals surface area (Å²) in [6.07, 6.45) is 0. The van der Waals surface area contributed by atoms with E-state index >= 15 is 0 Å². The van der Waals surface area contributed by atoms with E-state index in [1.807, 2.05) is 0 Å². The van der Waals surface area contributed by atoms with Crippen molar-refractivity contribution in [3.05, 3.63) is 76.3 Å². The number of hydrogen-bond donors (Lipinski definition) is 2. The van der Waals surface area contributed by atoms with Gasteiger partial charge in [0.05, 0.1) is 24.0 Å². The van der Waals surface area contributed by atoms with Crippen molar-refractivity contribution < 1.29 is 27.8 Å². The third-order valence-electron chi connectivity index (χ3n) is 4.90. The highest BCUT2D eigenvalue weighted by Crippen LogP contribution is 2.22. The van der Waals surface area contributed by atoms with Crippen LogP contribution in [-0.2, 0) is 0 Å². The van der Waals surface area contributed by atoms with Crippen LogP contribution in [0.25, 0.3) is 16.9 Å². The Bertz CT molecular complexity index is 1180. The minimum absolute atomic E-state index is 0.0760. The first-order valence-corrected chi connectivity index (χ1v) is 10.1. The SMILES string of the molecule is CC(C)C(CO)NC(=O)c1cc(-c2ccc(OC(F)F)cc2)nn(-c2cccc(F)c2)c1=O. The number of aromatic nitrogens is 2. The van der Waals surface area contributed by atoms with E-state index in [2.05, 4.69) is 15.2 Å². The molecular formula is C23H22F3N3O4. The van der Waals surface area contributed by atoms with Gasteiger partial charge in [-0.05, 0) is 54.4 Å². The number of rotatable bonds is 8. The van der Waals surface area contributed by atoms with Crippen molar-refractivity contribution in [2.24, 2.45) is 5.92 Å². The molecule has 2 N–H and O–H groups in total. The number of amides is 1. The lowest BCUT2D eigenvalue weighted by Gasteiger charge is -2.20. The predicted octanol–water partition coefficient (Wildman–Crippen LogP) is 3.39. The molecule has 1 atom stereocenters. The van der Waals surface area contributed by atoms with Crippen LogP contribution in [0.2, 0.25) is 0 Å². The van der Waals surface area contributed by atoms with Crippen LogP contribution in [0.15, 0.2) is 59.4 Å². The monoisotopic (exact) mass is 461 g/mol. The molecule has 1 aromatic heterocycles. The number of benzene rings is 2. The highest BCUT2D eigenvalue weighted by Gasteiger charge is 2.22. The van der Waals surface area contributed by atoms with Crippen molar-refractivity contribution in [1.82, 2.24) is 15.1 Å². The normalized spacial score (nSPS) is 12.1. The van der Waals surface area contributed by atoms with Gasteiger partial charge in [0.15, 0.2) is 0 Å². The van der Waals surface area contributed by atoms with Crippen LogP contribution in [0.4, 0.5) is 13.2 Å². The van der Waals surface area contributed by atoms with Crippen LogP contribution in [0.3, 0.4) is 0 Å².